The number of ether oxygens (including phenoxy) is 1. The second kappa shape index (κ2) is 9.08. The molecule has 0 radical (unpaired) electrons. The molecule has 0 amide bonds. The van der Waals surface area contributed by atoms with E-state index in [0.717, 1.165) is 18.0 Å². The smallest absolute Gasteiger partial charge is 0.193 e. The minimum atomic E-state index is 0. The maximum Gasteiger partial charge on any atom is 0.193 e. The standard InChI is InChI=1S/C20H25N3O.HI/c1-24-18-11-9-17(10-12-18)23-19(21)22-15-20(13-5-6-14-20)16-7-3-2-4-8-16;/h2-4,7-12H,5-6,13-15H2,1H3,(H3,21,22,23);1H. The summed E-state index contributed by atoms with van der Waals surface area (Å²) in [6.45, 7) is 0.728. The van der Waals surface area contributed by atoms with Crippen LogP contribution in [0.2, 0.25) is 0 Å². The van der Waals surface area contributed by atoms with E-state index in [4.69, 9.17) is 10.5 Å². The summed E-state index contributed by atoms with van der Waals surface area (Å²) >= 11 is 0. The largest absolute Gasteiger partial charge is 0.497 e. The molecule has 1 fully saturated rings. The number of nitrogens with one attached hydrogen (secondary N) is 1. The minimum Gasteiger partial charge on any atom is -0.497 e. The average Bonchev–Trinajstić information content (AvgIpc) is 3.12. The van der Waals surface area contributed by atoms with Crippen molar-refractivity contribution in [3.8, 4) is 5.75 Å². The van der Waals surface area contributed by atoms with Gasteiger partial charge in [0.1, 0.15) is 5.75 Å². The van der Waals surface area contributed by atoms with Crippen molar-refractivity contribution in [2.24, 2.45) is 10.7 Å². The molecule has 0 bridgehead atoms. The fourth-order valence-electron chi connectivity index (χ4n) is 3.48. The van der Waals surface area contributed by atoms with E-state index >= 15 is 0 Å². The monoisotopic (exact) mass is 451 g/mol. The van der Waals surface area contributed by atoms with Gasteiger partial charge in [0.15, 0.2) is 5.96 Å². The number of benzene rings is 2. The second-order valence-corrected chi connectivity index (χ2v) is 6.41. The summed E-state index contributed by atoms with van der Waals surface area (Å²) in [7, 11) is 1.66. The van der Waals surface area contributed by atoms with Crippen LogP contribution in [-0.2, 0) is 5.41 Å². The van der Waals surface area contributed by atoms with Gasteiger partial charge in [0.05, 0.1) is 13.7 Å². The lowest BCUT2D eigenvalue weighted by Crippen LogP contribution is -2.30. The highest BCUT2D eigenvalue weighted by molar-refractivity contribution is 14.0. The van der Waals surface area contributed by atoms with Crippen molar-refractivity contribution >= 4 is 35.6 Å². The number of methoxy groups -OCH3 is 1. The van der Waals surface area contributed by atoms with Gasteiger partial charge in [0.2, 0.25) is 0 Å². The van der Waals surface area contributed by atoms with Gasteiger partial charge in [0.25, 0.3) is 0 Å². The Morgan fingerprint density at radius 1 is 1.08 bits per heavy atom. The fourth-order valence-corrected chi connectivity index (χ4v) is 3.48. The van der Waals surface area contributed by atoms with E-state index in [9.17, 15) is 0 Å². The van der Waals surface area contributed by atoms with Crippen LogP contribution >= 0.6 is 24.0 Å². The first-order valence-electron chi connectivity index (χ1n) is 8.48. The second-order valence-electron chi connectivity index (χ2n) is 6.41. The molecule has 134 valence electrons. The van der Waals surface area contributed by atoms with Gasteiger partial charge in [-0.25, -0.2) is 0 Å². The molecule has 1 saturated carbocycles. The lowest BCUT2D eigenvalue weighted by Gasteiger charge is -2.28. The summed E-state index contributed by atoms with van der Waals surface area (Å²) in [6.07, 6.45) is 4.87. The van der Waals surface area contributed by atoms with Crippen LogP contribution in [-0.4, -0.2) is 19.6 Å². The van der Waals surface area contributed by atoms with Crippen LogP contribution < -0.4 is 15.8 Å². The van der Waals surface area contributed by atoms with E-state index in [0.29, 0.717) is 5.96 Å². The zero-order chi connectivity index (χ0) is 16.8. The minimum absolute atomic E-state index is 0. The van der Waals surface area contributed by atoms with E-state index in [1.807, 2.05) is 24.3 Å². The molecule has 0 atom stereocenters. The third kappa shape index (κ3) is 4.87. The molecule has 0 aromatic heterocycles. The van der Waals surface area contributed by atoms with Crippen LogP contribution in [0.3, 0.4) is 0 Å². The van der Waals surface area contributed by atoms with Crippen molar-refractivity contribution < 1.29 is 4.74 Å². The summed E-state index contributed by atoms with van der Waals surface area (Å²) in [5.41, 5.74) is 8.52. The summed E-state index contributed by atoms with van der Waals surface area (Å²) < 4.78 is 5.16. The summed E-state index contributed by atoms with van der Waals surface area (Å²) in [5, 5.41) is 3.16. The third-order valence-electron chi connectivity index (χ3n) is 4.86. The Morgan fingerprint density at radius 2 is 1.72 bits per heavy atom. The number of hydrogen-bond acceptors (Lipinski definition) is 2. The van der Waals surface area contributed by atoms with Crippen LogP contribution in [0.5, 0.6) is 5.75 Å². The van der Waals surface area contributed by atoms with Crippen LogP contribution in [0.15, 0.2) is 59.6 Å². The van der Waals surface area contributed by atoms with Gasteiger partial charge in [-0.2, -0.15) is 0 Å². The number of halogens is 1. The maximum atomic E-state index is 6.10. The van der Waals surface area contributed by atoms with Crippen molar-refractivity contribution in [1.82, 2.24) is 0 Å². The van der Waals surface area contributed by atoms with Crippen molar-refractivity contribution in [2.75, 3.05) is 19.0 Å². The molecule has 3 rings (SSSR count). The topological polar surface area (TPSA) is 59.6 Å². The Balaban J connectivity index is 0.00000225. The van der Waals surface area contributed by atoms with Gasteiger partial charge in [-0.05, 0) is 42.7 Å². The molecule has 4 nitrogen and oxygen atoms in total. The van der Waals surface area contributed by atoms with Crippen molar-refractivity contribution in [3.05, 3.63) is 60.2 Å². The molecule has 2 aromatic carbocycles. The van der Waals surface area contributed by atoms with E-state index in [-0.39, 0.29) is 29.4 Å². The number of guanidine groups is 1. The van der Waals surface area contributed by atoms with Gasteiger partial charge < -0.3 is 15.8 Å². The highest BCUT2D eigenvalue weighted by Crippen LogP contribution is 2.41. The van der Waals surface area contributed by atoms with E-state index in [1.165, 1.54) is 31.2 Å². The highest BCUT2D eigenvalue weighted by atomic mass is 127. The quantitative estimate of drug-likeness (QED) is 0.399. The molecule has 5 heteroatoms. The Bertz CT molecular complexity index is 680. The fraction of sp³-hybridized carbons (Fsp3) is 0.350. The predicted molar refractivity (Wildman–Crippen MR) is 115 cm³/mol. The molecule has 0 unspecified atom stereocenters. The molecule has 25 heavy (non-hydrogen) atoms. The number of anilines is 1. The average molecular weight is 451 g/mol. The number of nitrogens with two attached hydrogens (primary N) is 1. The van der Waals surface area contributed by atoms with Crippen LogP contribution in [0.25, 0.3) is 0 Å². The van der Waals surface area contributed by atoms with E-state index < -0.39 is 0 Å². The molecular weight excluding hydrogens is 425 g/mol. The lowest BCUT2D eigenvalue weighted by atomic mass is 9.79. The summed E-state index contributed by atoms with van der Waals surface area (Å²) in [4.78, 5) is 4.64. The Morgan fingerprint density at radius 3 is 2.32 bits per heavy atom. The number of hydrogen-bond donors (Lipinski definition) is 2. The first-order chi connectivity index (χ1) is 11.7. The Kier molecular flexibility index (Phi) is 7.11. The molecule has 0 aliphatic heterocycles. The normalized spacial score (nSPS) is 16.1. The molecule has 0 saturated heterocycles. The zero-order valence-corrected chi connectivity index (χ0v) is 16.9. The SMILES string of the molecule is COc1ccc(NC(N)=NCC2(c3ccccc3)CCCC2)cc1.I. The zero-order valence-electron chi connectivity index (χ0n) is 14.6. The molecule has 0 spiro atoms. The molecular formula is C20H26IN3O. The van der Waals surface area contributed by atoms with Crippen LogP contribution in [0.1, 0.15) is 31.2 Å². The molecule has 2 aromatic rings. The molecule has 3 N–H and O–H groups in total. The lowest BCUT2D eigenvalue weighted by molar-refractivity contribution is 0.415. The van der Waals surface area contributed by atoms with Crippen molar-refractivity contribution in [1.29, 1.82) is 0 Å². The maximum absolute atomic E-state index is 6.10. The molecule has 0 heterocycles. The number of rotatable bonds is 5. The molecule has 1 aliphatic rings. The Labute approximate surface area is 166 Å². The van der Waals surface area contributed by atoms with Gasteiger partial charge in [-0.1, -0.05) is 43.2 Å². The molecule has 1 aliphatic carbocycles. The Hall–Kier alpha value is -1.76. The number of nitrogens with zero attached hydrogens (tertiary/aromatic N) is 1. The van der Waals surface area contributed by atoms with Crippen molar-refractivity contribution in [3.63, 3.8) is 0 Å². The summed E-state index contributed by atoms with van der Waals surface area (Å²) in [6, 6.07) is 18.4. The van der Waals surface area contributed by atoms with E-state index in [2.05, 4.69) is 40.6 Å². The van der Waals surface area contributed by atoms with Gasteiger partial charge in [0, 0.05) is 11.1 Å². The summed E-state index contributed by atoms with van der Waals surface area (Å²) in [5.74, 6) is 1.28. The van der Waals surface area contributed by atoms with Crippen LogP contribution in [0, 0.1) is 0 Å². The highest BCUT2D eigenvalue weighted by Gasteiger charge is 2.35. The van der Waals surface area contributed by atoms with E-state index in [1.54, 1.807) is 7.11 Å². The third-order valence-corrected chi connectivity index (χ3v) is 4.86. The van der Waals surface area contributed by atoms with Gasteiger partial charge in [-0.15, -0.1) is 24.0 Å². The predicted octanol–water partition coefficient (Wildman–Crippen LogP) is 4.55. The van der Waals surface area contributed by atoms with Crippen LogP contribution in [0.4, 0.5) is 5.69 Å². The van der Waals surface area contributed by atoms with Gasteiger partial charge >= 0.3 is 0 Å². The van der Waals surface area contributed by atoms with Gasteiger partial charge in [-0.3, -0.25) is 4.99 Å². The first kappa shape index (κ1) is 19.6. The van der Waals surface area contributed by atoms with Crippen molar-refractivity contribution in [2.45, 2.75) is 31.1 Å². The number of aliphatic imine (C=N–C) groups is 1. The first-order valence-corrected chi connectivity index (χ1v) is 8.48.